The molecule has 0 aliphatic heterocycles. The molecule has 0 saturated heterocycles. The zero-order valence-corrected chi connectivity index (χ0v) is 12.4. The van der Waals surface area contributed by atoms with Crippen LogP contribution in [0.2, 0.25) is 0 Å². The van der Waals surface area contributed by atoms with Gasteiger partial charge in [-0.1, -0.05) is 26.7 Å². The maximum Gasteiger partial charge on any atom is 0.226 e. The predicted molar refractivity (Wildman–Crippen MR) is 78.6 cm³/mol. The van der Waals surface area contributed by atoms with E-state index in [1.54, 1.807) is 6.20 Å². The van der Waals surface area contributed by atoms with Crippen molar-refractivity contribution in [2.45, 2.75) is 32.1 Å². The lowest BCUT2D eigenvalue weighted by Crippen LogP contribution is -2.23. The molecule has 4 nitrogen and oxygen atoms in total. The zero-order valence-electron chi connectivity index (χ0n) is 11.7. The van der Waals surface area contributed by atoms with E-state index < -0.39 is 0 Å². The quantitative estimate of drug-likeness (QED) is 0.774. The molecule has 0 amide bonds. The van der Waals surface area contributed by atoms with Crippen LogP contribution in [0.15, 0.2) is 12.3 Å². The van der Waals surface area contributed by atoms with Crippen molar-refractivity contribution in [1.82, 2.24) is 9.97 Å². The van der Waals surface area contributed by atoms with Crippen LogP contribution in [0.1, 0.15) is 26.7 Å². The highest BCUT2D eigenvalue weighted by Gasteiger charge is 2.15. The fourth-order valence-corrected chi connectivity index (χ4v) is 2.26. The molecule has 0 aliphatic rings. The Bertz CT molecular complexity index is 353. The van der Waals surface area contributed by atoms with Gasteiger partial charge in [-0.25, -0.2) is 4.98 Å². The number of nitrogens with one attached hydrogen (secondary N) is 1. The normalized spacial score (nSPS) is 12.6. The molecule has 1 heterocycles. The standard InChI is InChI=1S/C13H23ClN4/c1-5-10(6-2)11(14)9-16-12-7-8-15-13(17-12)18(3)4/h7-8,10-11H,5-6,9H2,1-4H3,(H,15,16,17). The molecule has 1 rings (SSSR count). The molecule has 0 saturated carbocycles. The van der Waals surface area contributed by atoms with E-state index in [4.69, 9.17) is 11.6 Å². The Balaban J connectivity index is 2.55. The molecule has 5 heteroatoms. The summed E-state index contributed by atoms with van der Waals surface area (Å²) in [5.74, 6) is 2.08. The summed E-state index contributed by atoms with van der Waals surface area (Å²) in [6.45, 7) is 5.09. The van der Waals surface area contributed by atoms with Gasteiger partial charge in [0, 0.05) is 26.8 Å². The summed E-state index contributed by atoms with van der Waals surface area (Å²) in [6, 6.07) is 1.86. The van der Waals surface area contributed by atoms with Crippen LogP contribution in [0.4, 0.5) is 11.8 Å². The predicted octanol–water partition coefficient (Wildman–Crippen LogP) is 3.00. The van der Waals surface area contributed by atoms with Gasteiger partial charge >= 0.3 is 0 Å². The highest BCUT2D eigenvalue weighted by Crippen LogP contribution is 2.19. The Kier molecular flexibility index (Phi) is 6.19. The van der Waals surface area contributed by atoms with Crippen molar-refractivity contribution in [3.8, 4) is 0 Å². The number of aromatic nitrogens is 2. The molecule has 0 aliphatic carbocycles. The molecule has 1 aromatic rings. The van der Waals surface area contributed by atoms with E-state index in [1.807, 2.05) is 25.1 Å². The molecular formula is C13H23ClN4. The average molecular weight is 271 g/mol. The van der Waals surface area contributed by atoms with Crippen molar-refractivity contribution in [3.63, 3.8) is 0 Å². The SMILES string of the molecule is CCC(CC)C(Cl)CNc1ccnc(N(C)C)n1. The van der Waals surface area contributed by atoms with Gasteiger partial charge in [0.15, 0.2) is 0 Å². The van der Waals surface area contributed by atoms with Gasteiger partial charge in [0.25, 0.3) is 0 Å². The summed E-state index contributed by atoms with van der Waals surface area (Å²) in [4.78, 5) is 10.5. The molecule has 0 radical (unpaired) electrons. The van der Waals surface area contributed by atoms with E-state index in [2.05, 4.69) is 29.1 Å². The van der Waals surface area contributed by atoms with Crippen LogP contribution in [0.5, 0.6) is 0 Å². The first-order chi connectivity index (χ1) is 8.58. The number of rotatable bonds is 7. The number of hydrogen-bond donors (Lipinski definition) is 1. The van der Waals surface area contributed by atoms with Crippen LogP contribution in [0, 0.1) is 5.92 Å². The third kappa shape index (κ3) is 4.33. The smallest absolute Gasteiger partial charge is 0.226 e. The van der Waals surface area contributed by atoms with Crippen molar-refractivity contribution < 1.29 is 0 Å². The summed E-state index contributed by atoms with van der Waals surface area (Å²) >= 11 is 6.38. The van der Waals surface area contributed by atoms with E-state index in [-0.39, 0.29) is 5.38 Å². The third-order valence-corrected chi connectivity index (χ3v) is 3.59. The highest BCUT2D eigenvalue weighted by molar-refractivity contribution is 6.21. The fourth-order valence-electron chi connectivity index (χ4n) is 1.83. The van der Waals surface area contributed by atoms with Gasteiger partial charge in [-0.15, -0.1) is 11.6 Å². The van der Waals surface area contributed by atoms with Crippen LogP contribution in [-0.4, -0.2) is 36.0 Å². The fraction of sp³-hybridized carbons (Fsp3) is 0.692. The molecule has 1 aromatic heterocycles. The Hall–Kier alpha value is -1.03. The third-order valence-electron chi connectivity index (χ3n) is 3.08. The van der Waals surface area contributed by atoms with Gasteiger partial charge < -0.3 is 10.2 Å². The van der Waals surface area contributed by atoms with Gasteiger partial charge in [0.05, 0.1) is 5.38 Å². The first-order valence-electron chi connectivity index (χ1n) is 6.46. The largest absolute Gasteiger partial charge is 0.368 e. The second kappa shape index (κ2) is 7.41. The monoisotopic (exact) mass is 270 g/mol. The zero-order chi connectivity index (χ0) is 13.5. The lowest BCUT2D eigenvalue weighted by atomic mass is 9.99. The minimum atomic E-state index is 0.137. The van der Waals surface area contributed by atoms with E-state index >= 15 is 0 Å². The van der Waals surface area contributed by atoms with E-state index in [0.29, 0.717) is 11.9 Å². The minimum Gasteiger partial charge on any atom is -0.368 e. The topological polar surface area (TPSA) is 41.1 Å². The van der Waals surface area contributed by atoms with Gasteiger partial charge in [0.1, 0.15) is 5.82 Å². The van der Waals surface area contributed by atoms with E-state index in [1.165, 1.54) is 0 Å². The summed E-state index contributed by atoms with van der Waals surface area (Å²) in [6.07, 6.45) is 3.98. The second-order valence-corrected chi connectivity index (χ2v) is 5.17. The Morgan fingerprint density at radius 3 is 2.56 bits per heavy atom. The van der Waals surface area contributed by atoms with E-state index in [0.717, 1.165) is 25.2 Å². The highest BCUT2D eigenvalue weighted by atomic mass is 35.5. The Morgan fingerprint density at radius 2 is 2.00 bits per heavy atom. The van der Waals surface area contributed by atoms with Gasteiger partial charge in [-0.3, -0.25) is 0 Å². The lowest BCUT2D eigenvalue weighted by Gasteiger charge is -2.20. The van der Waals surface area contributed by atoms with Crippen molar-refractivity contribution in [2.75, 3.05) is 30.9 Å². The summed E-state index contributed by atoms with van der Waals surface area (Å²) in [5, 5.41) is 3.42. The van der Waals surface area contributed by atoms with Gasteiger partial charge in [-0.2, -0.15) is 4.98 Å². The molecule has 1 unspecified atom stereocenters. The average Bonchev–Trinajstić information content (AvgIpc) is 2.38. The van der Waals surface area contributed by atoms with E-state index in [9.17, 15) is 0 Å². The molecule has 0 fully saturated rings. The summed E-state index contributed by atoms with van der Waals surface area (Å²) in [7, 11) is 3.85. The first-order valence-corrected chi connectivity index (χ1v) is 6.90. The van der Waals surface area contributed by atoms with Gasteiger partial charge in [-0.05, 0) is 12.0 Å². The number of hydrogen-bond acceptors (Lipinski definition) is 4. The number of alkyl halides is 1. The number of halogens is 1. The van der Waals surface area contributed by atoms with Crippen LogP contribution >= 0.6 is 11.6 Å². The molecular weight excluding hydrogens is 248 g/mol. The van der Waals surface area contributed by atoms with Crippen LogP contribution in [-0.2, 0) is 0 Å². The van der Waals surface area contributed by atoms with Crippen molar-refractivity contribution in [3.05, 3.63) is 12.3 Å². The summed E-state index contributed by atoms with van der Waals surface area (Å²) in [5.41, 5.74) is 0. The molecule has 102 valence electrons. The molecule has 1 N–H and O–H groups in total. The van der Waals surface area contributed by atoms with Crippen molar-refractivity contribution >= 4 is 23.4 Å². The first kappa shape index (κ1) is 15.0. The van der Waals surface area contributed by atoms with Crippen molar-refractivity contribution in [2.24, 2.45) is 5.92 Å². The van der Waals surface area contributed by atoms with Crippen LogP contribution in [0.25, 0.3) is 0 Å². The maximum atomic E-state index is 6.38. The Labute approximate surface area is 115 Å². The minimum absolute atomic E-state index is 0.137. The molecule has 18 heavy (non-hydrogen) atoms. The number of nitrogens with zero attached hydrogens (tertiary/aromatic N) is 3. The molecule has 0 bridgehead atoms. The maximum absolute atomic E-state index is 6.38. The molecule has 0 aromatic carbocycles. The lowest BCUT2D eigenvalue weighted by molar-refractivity contribution is 0.475. The van der Waals surface area contributed by atoms with Crippen LogP contribution in [0.3, 0.4) is 0 Å². The van der Waals surface area contributed by atoms with Crippen molar-refractivity contribution in [1.29, 1.82) is 0 Å². The second-order valence-electron chi connectivity index (χ2n) is 4.61. The number of anilines is 2. The summed E-state index contributed by atoms with van der Waals surface area (Å²) < 4.78 is 0. The molecule has 0 spiro atoms. The molecule has 1 atom stereocenters. The van der Waals surface area contributed by atoms with Crippen LogP contribution < -0.4 is 10.2 Å². The Morgan fingerprint density at radius 1 is 1.33 bits per heavy atom. The van der Waals surface area contributed by atoms with Gasteiger partial charge in [0.2, 0.25) is 5.95 Å².